The third-order valence-electron chi connectivity index (χ3n) is 4.27. The first kappa shape index (κ1) is 16.5. The number of amides is 3. The Morgan fingerprint density at radius 1 is 1.09 bits per heavy atom. The monoisotopic (exact) mass is 304 g/mol. The largest absolute Gasteiger partial charge is 0.341 e. The van der Waals surface area contributed by atoms with Crippen LogP contribution in [-0.4, -0.2) is 25.0 Å². The Bertz CT molecular complexity index is 482. The second-order valence-electron chi connectivity index (χ2n) is 5.90. The summed E-state index contributed by atoms with van der Waals surface area (Å²) in [5, 5.41) is 6.98. The van der Waals surface area contributed by atoms with E-state index in [1.807, 2.05) is 30.3 Å². The Balaban J connectivity index is 2.10. The number of carbonyl (C=O) groups is 2. The maximum Gasteiger partial charge on any atom is 0.321 e. The molecule has 3 amide bonds. The van der Waals surface area contributed by atoms with Crippen molar-refractivity contribution < 1.29 is 14.9 Å². The molecule has 1 aromatic carbocycles. The van der Waals surface area contributed by atoms with Crippen molar-refractivity contribution in [2.24, 2.45) is 0 Å². The van der Waals surface area contributed by atoms with Crippen LogP contribution in [0.15, 0.2) is 30.3 Å². The zero-order valence-corrected chi connectivity index (χ0v) is 13.2. The maximum absolute atomic E-state index is 12.5. The number of imide groups is 1. The lowest BCUT2D eigenvalue weighted by Gasteiger charge is -2.21. The van der Waals surface area contributed by atoms with Crippen LogP contribution in [0.4, 0.5) is 4.79 Å². The zero-order chi connectivity index (χ0) is 15.8. The summed E-state index contributed by atoms with van der Waals surface area (Å²) in [6, 6.07) is 9.29. The third-order valence-corrected chi connectivity index (χ3v) is 4.27. The van der Waals surface area contributed by atoms with Crippen LogP contribution in [-0.2, 0) is 4.79 Å². The highest BCUT2D eigenvalue weighted by molar-refractivity contribution is 5.96. The van der Waals surface area contributed by atoms with E-state index in [0.717, 1.165) is 18.4 Å². The van der Waals surface area contributed by atoms with Crippen LogP contribution in [0.1, 0.15) is 50.1 Å². The zero-order valence-electron chi connectivity index (χ0n) is 13.2. The van der Waals surface area contributed by atoms with Crippen molar-refractivity contribution in [1.82, 2.24) is 10.6 Å². The molecule has 1 aromatic rings. The van der Waals surface area contributed by atoms with Gasteiger partial charge < -0.3 is 10.6 Å². The number of nitrogens with two attached hydrogens (primary N) is 1. The molecule has 1 fully saturated rings. The first-order valence-corrected chi connectivity index (χ1v) is 8.13. The van der Waals surface area contributed by atoms with Gasteiger partial charge in [-0.25, -0.2) is 4.79 Å². The van der Waals surface area contributed by atoms with Crippen LogP contribution < -0.4 is 16.0 Å². The lowest BCUT2D eigenvalue weighted by atomic mass is 10.0. The second kappa shape index (κ2) is 8.54. The molecule has 0 unspecified atom stereocenters. The van der Waals surface area contributed by atoms with Gasteiger partial charge in [0.15, 0.2) is 6.04 Å². The van der Waals surface area contributed by atoms with E-state index in [0.29, 0.717) is 6.04 Å². The summed E-state index contributed by atoms with van der Waals surface area (Å²) in [6.07, 6.45) is 7.28. The van der Waals surface area contributed by atoms with Crippen molar-refractivity contribution in [3.8, 4) is 0 Å². The van der Waals surface area contributed by atoms with Crippen molar-refractivity contribution in [1.29, 1.82) is 0 Å². The molecular formula is C17H26N3O2+. The number of carbonyl (C=O) groups excluding carboxylic acids is 2. The molecule has 0 spiro atoms. The smallest absolute Gasteiger partial charge is 0.321 e. The Morgan fingerprint density at radius 2 is 1.73 bits per heavy atom. The minimum Gasteiger partial charge on any atom is -0.341 e. The highest BCUT2D eigenvalue weighted by Crippen LogP contribution is 2.17. The first-order valence-electron chi connectivity index (χ1n) is 8.13. The van der Waals surface area contributed by atoms with Gasteiger partial charge in [0.25, 0.3) is 5.91 Å². The molecule has 4 N–H and O–H groups in total. The van der Waals surface area contributed by atoms with Gasteiger partial charge >= 0.3 is 6.03 Å². The lowest BCUT2D eigenvalue weighted by molar-refractivity contribution is -0.716. The summed E-state index contributed by atoms with van der Waals surface area (Å²) in [6.45, 7) is 0. The van der Waals surface area contributed by atoms with Gasteiger partial charge in [0.05, 0.1) is 6.04 Å². The molecule has 0 heterocycles. The number of rotatable bonds is 4. The first-order chi connectivity index (χ1) is 10.7. The van der Waals surface area contributed by atoms with Gasteiger partial charge in [0.1, 0.15) is 0 Å². The van der Waals surface area contributed by atoms with E-state index in [1.54, 1.807) is 0 Å². The van der Waals surface area contributed by atoms with Crippen molar-refractivity contribution >= 4 is 11.9 Å². The molecule has 120 valence electrons. The van der Waals surface area contributed by atoms with Crippen molar-refractivity contribution in [3.05, 3.63) is 35.9 Å². The number of benzene rings is 1. The van der Waals surface area contributed by atoms with E-state index >= 15 is 0 Å². The van der Waals surface area contributed by atoms with Crippen molar-refractivity contribution in [3.63, 3.8) is 0 Å². The summed E-state index contributed by atoms with van der Waals surface area (Å²) in [5.74, 6) is -0.255. The highest BCUT2D eigenvalue weighted by Gasteiger charge is 2.29. The number of quaternary nitrogens is 1. The quantitative estimate of drug-likeness (QED) is 0.737. The Kier molecular flexibility index (Phi) is 6.40. The summed E-state index contributed by atoms with van der Waals surface area (Å²) >= 11 is 0. The molecule has 0 aliphatic heterocycles. The molecule has 1 atom stereocenters. The van der Waals surface area contributed by atoms with E-state index in [2.05, 4.69) is 16.0 Å². The van der Waals surface area contributed by atoms with Crippen LogP contribution in [0.3, 0.4) is 0 Å². The molecule has 0 aromatic heterocycles. The minimum atomic E-state index is -0.458. The predicted molar refractivity (Wildman–Crippen MR) is 85.2 cm³/mol. The van der Waals surface area contributed by atoms with E-state index in [4.69, 9.17) is 0 Å². The summed E-state index contributed by atoms with van der Waals surface area (Å²) in [5.41, 5.74) is 0.938. The van der Waals surface area contributed by atoms with Crippen LogP contribution in [0.25, 0.3) is 0 Å². The SMILES string of the molecule is CNC(=O)NC(=O)[C@@H]([NH2+]C1CCCCCC1)c1ccccc1. The Hall–Kier alpha value is -1.88. The van der Waals surface area contributed by atoms with Crippen molar-refractivity contribution in [2.75, 3.05) is 7.05 Å². The van der Waals surface area contributed by atoms with Crippen molar-refractivity contribution in [2.45, 2.75) is 50.6 Å². The molecule has 0 saturated heterocycles. The average molecular weight is 304 g/mol. The fourth-order valence-electron chi connectivity index (χ4n) is 3.04. The number of nitrogens with one attached hydrogen (secondary N) is 2. The van der Waals surface area contributed by atoms with E-state index in [9.17, 15) is 9.59 Å². The Morgan fingerprint density at radius 3 is 2.32 bits per heavy atom. The third kappa shape index (κ3) is 4.84. The second-order valence-corrected chi connectivity index (χ2v) is 5.90. The summed E-state index contributed by atoms with van der Waals surface area (Å²) in [4.78, 5) is 23.9. The Labute approximate surface area is 131 Å². The molecule has 0 bridgehead atoms. The number of hydrogen-bond acceptors (Lipinski definition) is 2. The average Bonchev–Trinajstić information content (AvgIpc) is 2.81. The normalized spacial score (nSPS) is 17.3. The predicted octanol–water partition coefficient (Wildman–Crippen LogP) is 1.47. The standard InChI is InChI=1S/C17H25N3O2/c1-18-17(22)20-16(21)15(13-9-5-4-6-10-13)19-14-11-7-2-3-8-12-14/h4-6,9-10,14-15,19H,2-3,7-8,11-12H2,1H3,(H2,18,20,21,22)/p+1/t15-/m0/s1. The van der Waals surface area contributed by atoms with Crippen LogP contribution in [0, 0.1) is 0 Å². The lowest BCUT2D eigenvalue weighted by Crippen LogP contribution is -2.92. The van der Waals surface area contributed by atoms with Gasteiger partial charge in [0, 0.05) is 12.6 Å². The molecule has 1 aliphatic rings. The number of urea groups is 1. The van der Waals surface area contributed by atoms with E-state index < -0.39 is 6.03 Å². The van der Waals surface area contributed by atoms with Gasteiger partial charge in [-0.05, 0) is 25.7 Å². The molecular weight excluding hydrogens is 278 g/mol. The van der Waals surface area contributed by atoms with Crippen LogP contribution in [0.5, 0.6) is 0 Å². The van der Waals surface area contributed by atoms with Crippen LogP contribution >= 0.6 is 0 Å². The molecule has 0 radical (unpaired) electrons. The molecule has 5 nitrogen and oxygen atoms in total. The fourth-order valence-corrected chi connectivity index (χ4v) is 3.04. The summed E-state index contributed by atoms with van der Waals surface area (Å²) < 4.78 is 0. The van der Waals surface area contributed by atoms with E-state index in [-0.39, 0.29) is 11.9 Å². The van der Waals surface area contributed by atoms with Gasteiger partial charge in [-0.1, -0.05) is 43.2 Å². The maximum atomic E-state index is 12.5. The van der Waals surface area contributed by atoms with Gasteiger partial charge in [-0.2, -0.15) is 0 Å². The minimum absolute atomic E-state index is 0.255. The van der Waals surface area contributed by atoms with E-state index in [1.165, 1.54) is 32.7 Å². The summed E-state index contributed by atoms with van der Waals surface area (Å²) in [7, 11) is 1.51. The number of hydrogen-bond donors (Lipinski definition) is 3. The molecule has 5 heteroatoms. The molecule has 2 rings (SSSR count). The van der Waals surface area contributed by atoms with Gasteiger partial charge in [-0.3, -0.25) is 10.1 Å². The molecule has 22 heavy (non-hydrogen) atoms. The van der Waals surface area contributed by atoms with Crippen LogP contribution in [0.2, 0.25) is 0 Å². The van der Waals surface area contributed by atoms with Gasteiger partial charge in [-0.15, -0.1) is 0 Å². The molecule has 1 saturated carbocycles. The van der Waals surface area contributed by atoms with Gasteiger partial charge in [0.2, 0.25) is 0 Å². The topological polar surface area (TPSA) is 74.8 Å². The fraction of sp³-hybridized carbons (Fsp3) is 0.529. The highest BCUT2D eigenvalue weighted by atomic mass is 16.2. The molecule has 1 aliphatic carbocycles.